The fraction of sp³-hybridized carbons (Fsp3) is 0.407. The number of hydrogen-bond donors (Lipinski definition) is 1. The highest BCUT2D eigenvalue weighted by Gasteiger charge is 2.21. The van der Waals surface area contributed by atoms with Crippen LogP contribution in [0.5, 0.6) is 5.75 Å². The molecule has 3 aromatic rings. The van der Waals surface area contributed by atoms with E-state index in [9.17, 15) is 10.1 Å². The van der Waals surface area contributed by atoms with Crippen molar-refractivity contribution in [1.82, 2.24) is 14.8 Å². The van der Waals surface area contributed by atoms with Crippen LogP contribution in [0.1, 0.15) is 53.9 Å². The number of fused-ring (bicyclic) bond motifs is 1. The molecule has 0 bridgehead atoms. The Labute approximate surface area is 241 Å². The lowest BCUT2D eigenvalue weighted by Gasteiger charge is -2.10. The van der Waals surface area contributed by atoms with Gasteiger partial charge in [-0.3, -0.25) is 4.79 Å². The van der Waals surface area contributed by atoms with Gasteiger partial charge in [-0.2, -0.15) is 5.26 Å². The quantitative estimate of drug-likeness (QED) is 0.145. The van der Waals surface area contributed by atoms with Crippen molar-refractivity contribution >= 4 is 57.2 Å². The van der Waals surface area contributed by atoms with Crippen LogP contribution in [0.3, 0.4) is 0 Å². The van der Waals surface area contributed by atoms with Gasteiger partial charge in [0.1, 0.15) is 22.6 Å². The summed E-state index contributed by atoms with van der Waals surface area (Å²) in [5, 5.41) is 23.7. The first kappa shape index (κ1) is 28.5. The van der Waals surface area contributed by atoms with Crippen molar-refractivity contribution in [3.63, 3.8) is 0 Å². The third-order valence-corrected chi connectivity index (χ3v) is 8.87. The Hall–Kier alpha value is -2.51. The van der Waals surface area contributed by atoms with Gasteiger partial charge in [-0.15, -0.1) is 28.1 Å². The fourth-order valence-electron chi connectivity index (χ4n) is 4.35. The summed E-state index contributed by atoms with van der Waals surface area (Å²) in [6, 6.07) is 7.46. The number of benzene rings is 1. The molecule has 1 amide bonds. The molecule has 1 N–H and O–H groups in total. The Morgan fingerprint density at radius 1 is 1.26 bits per heavy atom. The number of amides is 1. The molecular weight excluding hydrogens is 561 g/mol. The molecule has 0 spiro atoms. The Kier molecular flexibility index (Phi) is 10.5. The zero-order valence-corrected chi connectivity index (χ0v) is 24.1. The van der Waals surface area contributed by atoms with Crippen LogP contribution in [0.4, 0.5) is 5.00 Å². The summed E-state index contributed by atoms with van der Waals surface area (Å²) in [4.78, 5) is 14.1. The number of thioether (sulfide) groups is 1. The van der Waals surface area contributed by atoms with Crippen LogP contribution in [0.2, 0.25) is 10.0 Å². The maximum Gasteiger partial charge on any atom is 0.235 e. The minimum Gasteiger partial charge on any atom is -0.492 e. The van der Waals surface area contributed by atoms with Gasteiger partial charge in [-0.25, -0.2) is 0 Å². The van der Waals surface area contributed by atoms with E-state index in [1.165, 1.54) is 29.5 Å². The number of aryl methyl sites for hydroxylation is 2. The number of nitrogens with zero attached hydrogens (tertiary/aromatic N) is 4. The standard InChI is InChI=1S/C27H29Cl2N5O2S2/c1-2-13-34-24(10-7-14-36-22-12-11-18(28)15-21(22)29)32-33-27(34)37-17-25(35)31-26-20(16-30)19-8-5-3-4-6-9-23(19)38-26/h2,11-12,15H,1,3-10,13-14,17H2,(H,31,35). The minimum atomic E-state index is -0.163. The lowest BCUT2D eigenvalue weighted by atomic mass is 9.97. The van der Waals surface area contributed by atoms with E-state index in [4.69, 9.17) is 27.9 Å². The van der Waals surface area contributed by atoms with Gasteiger partial charge in [0.2, 0.25) is 5.91 Å². The molecule has 200 valence electrons. The van der Waals surface area contributed by atoms with E-state index in [1.54, 1.807) is 35.6 Å². The molecule has 0 saturated heterocycles. The molecule has 0 aliphatic heterocycles. The van der Waals surface area contributed by atoms with Gasteiger partial charge >= 0.3 is 0 Å². The summed E-state index contributed by atoms with van der Waals surface area (Å²) >= 11 is 15.0. The number of ether oxygens (including phenoxy) is 1. The molecule has 4 rings (SSSR count). The summed E-state index contributed by atoms with van der Waals surface area (Å²) in [6.45, 7) is 4.83. The second-order valence-corrected chi connectivity index (χ2v) is 11.8. The SMILES string of the molecule is C=CCn1c(CCCOc2ccc(Cl)cc2Cl)nnc1SCC(=O)Nc1sc2c(c1C#N)CCCCCC2. The van der Waals surface area contributed by atoms with Crippen molar-refractivity contribution in [2.24, 2.45) is 0 Å². The highest BCUT2D eigenvalue weighted by Crippen LogP contribution is 2.36. The first-order valence-electron chi connectivity index (χ1n) is 12.6. The number of nitrogens with one attached hydrogen (secondary N) is 1. The molecule has 0 radical (unpaired) electrons. The summed E-state index contributed by atoms with van der Waals surface area (Å²) in [5.74, 6) is 1.39. The van der Waals surface area contributed by atoms with E-state index in [2.05, 4.69) is 28.2 Å². The number of thiophene rings is 1. The van der Waals surface area contributed by atoms with Crippen LogP contribution in [-0.4, -0.2) is 33.0 Å². The van der Waals surface area contributed by atoms with Gasteiger partial charge in [0.15, 0.2) is 5.16 Å². The topological polar surface area (TPSA) is 92.8 Å². The molecule has 2 aromatic heterocycles. The Balaban J connectivity index is 1.33. The van der Waals surface area contributed by atoms with Gasteiger partial charge in [-0.1, -0.05) is 53.9 Å². The van der Waals surface area contributed by atoms with Gasteiger partial charge in [-0.05, 0) is 55.9 Å². The third kappa shape index (κ3) is 7.32. The van der Waals surface area contributed by atoms with E-state index < -0.39 is 0 Å². The number of hydrogen-bond acceptors (Lipinski definition) is 7. The van der Waals surface area contributed by atoms with E-state index >= 15 is 0 Å². The molecule has 1 aliphatic rings. The van der Waals surface area contributed by atoms with Crippen molar-refractivity contribution in [3.05, 3.63) is 62.7 Å². The summed E-state index contributed by atoms with van der Waals surface area (Å²) in [7, 11) is 0. The molecule has 7 nitrogen and oxygen atoms in total. The van der Waals surface area contributed by atoms with E-state index in [0.717, 1.165) is 37.1 Å². The molecule has 1 aromatic carbocycles. The maximum atomic E-state index is 12.8. The monoisotopic (exact) mass is 589 g/mol. The predicted octanol–water partition coefficient (Wildman–Crippen LogP) is 7.11. The lowest BCUT2D eigenvalue weighted by molar-refractivity contribution is -0.113. The number of anilines is 1. The molecule has 0 saturated carbocycles. The molecule has 11 heteroatoms. The molecule has 38 heavy (non-hydrogen) atoms. The number of rotatable bonds is 11. The average molecular weight is 591 g/mol. The molecular formula is C27H29Cl2N5O2S2. The van der Waals surface area contributed by atoms with Crippen LogP contribution in [-0.2, 0) is 30.6 Å². The number of carbonyl (C=O) groups excluding carboxylic acids is 1. The first-order valence-corrected chi connectivity index (χ1v) is 15.1. The van der Waals surface area contributed by atoms with Crippen molar-refractivity contribution in [1.29, 1.82) is 5.26 Å². The van der Waals surface area contributed by atoms with Crippen LogP contribution in [0.25, 0.3) is 0 Å². The highest BCUT2D eigenvalue weighted by atomic mass is 35.5. The Morgan fingerprint density at radius 3 is 2.84 bits per heavy atom. The second-order valence-electron chi connectivity index (χ2n) is 8.90. The summed E-state index contributed by atoms with van der Waals surface area (Å²) in [5.41, 5.74) is 1.75. The zero-order valence-electron chi connectivity index (χ0n) is 21.0. The average Bonchev–Trinajstić information content (AvgIpc) is 3.41. The molecule has 0 fully saturated rings. The largest absolute Gasteiger partial charge is 0.492 e. The van der Waals surface area contributed by atoms with Crippen LogP contribution in [0, 0.1) is 11.3 Å². The lowest BCUT2D eigenvalue weighted by Crippen LogP contribution is -2.15. The van der Waals surface area contributed by atoms with Gasteiger partial charge in [0.25, 0.3) is 0 Å². The molecule has 2 heterocycles. The first-order chi connectivity index (χ1) is 18.5. The molecule has 0 atom stereocenters. The second kappa shape index (κ2) is 14.0. The molecule has 1 aliphatic carbocycles. The third-order valence-electron chi connectivity index (χ3n) is 6.17. The normalized spacial score (nSPS) is 13.2. The minimum absolute atomic E-state index is 0.163. The number of aromatic nitrogens is 3. The van der Waals surface area contributed by atoms with Crippen LogP contribution in [0.15, 0.2) is 36.0 Å². The number of nitriles is 1. The number of halogens is 2. The maximum absolute atomic E-state index is 12.8. The zero-order chi connectivity index (χ0) is 26.9. The Morgan fingerprint density at radius 2 is 2.08 bits per heavy atom. The van der Waals surface area contributed by atoms with Crippen molar-refractivity contribution < 1.29 is 9.53 Å². The van der Waals surface area contributed by atoms with Crippen molar-refractivity contribution in [3.8, 4) is 11.8 Å². The smallest absolute Gasteiger partial charge is 0.235 e. The van der Waals surface area contributed by atoms with Crippen LogP contribution >= 0.6 is 46.3 Å². The number of carbonyl (C=O) groups is 1. The van der Waals surface area contributed by atoms with E-state index in [-0.39, 0.29) is 11.7 Å². The Bertz CT molecular complexity index is 1330. The number of allylic oxidation sites excluding steroid dienone is 1. The fourth-order valence-corrected chi connectivity index (χ4v) is 6.83. The molecule has 0 unspecified atom stereocenters. The van der Waals surface area contributed by atoms with Crippen LogP contribution < -0.4 is 10.1 Å². The predicted molar refractivity (Wildman–Crippen MR) is 155 cm³/mol. The van der Waals surface area contributed by atoms with E-state index in [1.807, 2.05) is 4.57 Å². The highest BCUT2D eigenvalue weighted by molar-refractivity contribution is 7.99. The summed E-state index contributed by atoms with van der Waals surface area (Å²) in [6.07, 6.45) is 9.64. The van der Waals surface area contributed by atoms with E-state index in [0.29, 0.717) is 57.5 Å². The van der Waals surface area contributed by atoms with Gasteiger partial charge < -0.3 is 14.6 Å². The van der Waals surface area contributed by atoms with Crippen molar-refractivity contribution in [2.75, 3.05) is 17.7 Å². The van der Waals surface area contributed by atoms with Crippen molar-refractivity contribution in [2.45, 2.75) is 63.1 Å². The van der Waals surface area contributed by atoms with Gasteiger partial charge in [0, 0.05) is 22.9 Å². The summed E-state index contributed by atoms with van der Waals surface area (Å²) < 4.78 is 7.73. The van der Waals surface area contributed by atoms with Gasteiger partial charge in [0.05, 0.1) is 22.9 Å².